The second-order valence-electron chi connectivity index (χ2n) is 5.45. The minimum atomic E-state index is -0.162. The van der Waals surface area contributed by atoms with Crippen LogP contribution in [-0.2, 0) is 0 Å². The summed E-state index contributed by atoms with van der Waals surface area (Å²) in [4.78, 5) is 0. The molecule has 1 nitrogen and oxygen atoms in total. The lowest BCUT2D eigenvalue weighted by molar-refractivity contribution is 0.359. The van der Waals surface area contributed by atoms with E-state index in [0.717, 1.165) is 6.42 Å². The van der Waals surface area contributed by atoms with Gasteiger partial charge >= 0.3 is 0 Å². The fourth-order valence-corrected chi connectivity index (χ4v) is 1.96. The van der Waals surface area contributed by atoms with Gasteiger partial charge in [-0.25, -0.2) is 4.39 Å². The Morgan fingerprint density at radius 2 is 1.72 bits per heavy atom. The monoisotopic (exact) mass is 251 g/mol. The molecule has 0 spiro atoms. The van der Waals surface area contributed by atoms with Gasteiger partial charge in [0, 0.05) is 12.1 Å². The van der Waals surface area contributed by atoms with Crippen LogP contribution in [0.15, 0.2) is 24.3 Å². The Hall–Kier alpha value is -0.890. The summed E-state index contributed by atoms with van der Waals surface area (Å²) in [5.74, 6) is 0.444. The Balaban J connectivity index is 2.73. The van der Waals surface area contributed by atoms with Crippen LogP contribution in [0, 0.1) is 11.7 Å². The Labute approximate surface area is 111 Å². The number of nitrogens with one attached hydrogen (secondary N) is 1. The second kappa shape index (κ2) is 7.52. The van der Waals surface area contributed by atoms with Crippen LogP contribution in [0.1, 0.15) is 58.6 Å². The van der Waals surface area contributed by atoms with Crippen LogP contribution < -0.4 is 5.32 Å². The van der Waals surface area contributed by atoms with Crippen molar-refractivity contribution in [3.05, 3.63) is 35.6 Å². The van der Waals surface area contributed by atoms with E-state index in [1.54, 1.807) is 12.1 Å². The third-order valence-corrected chi connectivity index (χ3v) is 3.58. The largest absolute Gasteiger partial charge is 0.307 e. The summed E-state index contributed by atoms with van der Waals surface area (Å²) in [6.07, 6.45) is 3.49. The number of unbranched alkanes of at least 4 members (excludes halogenated alkanes) is 1. The average molecular weight is 251 g/mol. The molecule has 0 saturated carbocycles. The summed E-state index contributed by atoms with van der Waals surface area (Å²) in [7, 11) is 0. The highest BCUT2D eigenvalue weighted by molar-refractivity contribution is 5.20. The van der Waals surface area contributed by atoms with Gasteiger partial charge in [-0.3, -0.25) is 0 Å². The number of hydrogen-bond donors (Lipinski definition) is 1. The predicted molar refractivity (Wildman–Crippen MR) is 76.1 cm³/mol. The van der Waals surface area contributed by atoms with Gasteiger partial charge in [0.2, 0.25) is 0 Å². The first-order valence-electron chi connectivity index (χ1n) is 7.06. The van der Waals surface area contributed by atoms with E-state index < -0.39 is 0 Å². The van der Waals surface area contributed by atoms with Crippen molar-refractivity contribution in [2.24, 2.45) is 5.92 Å². The highest BCUT2D eigenvalue weighted by Crippen LogP contribution is 2.21. The maximum absolute atomic E-state index is 13.0. The second-order valence-corrected chi connectivity index (χ2v) is 5.45. The van der Waals surface area contributed by atoms with Crippen molar-refractivity contribution < 1.29 is 4.39 Å². The third kappa shape index (κ3) is 4.77. The molecule has 0 amide bonds. The van der Waals surface area contributed by atoms with Gasteiger partial charge in [-0.2, -0.15) is 0 Å². The molecule has 1 rings (SSSR count). The van der Waals surface area contributed by atoms with E-state index in [1.807, 2.05) is 12.1 Å². The molecular weight excluding hydrogens is 225 g/mol. The first kappa shape index (κ1) is 15.2. The molecule has 0 aliphatic heterocycles. The van der Waals surface area contributed by atoms with Crippen molar-refractivity contribution in [3.63, 3.8) is 0 Å². The molecule has 0 fully saturated rings. The molecule has 0 aromatic heterocycles. The SMILES string of the molecule is CCCCC(NC(C)C(C)C)c1ccc(F)cc1. The zero-order valence-corrected chi connectivity index (χ0v) is 12.0. The van der Waals surface area contributed by atoms with E-state index in [9.17, 15) is 4.39 Å². The number of rotatable bonds is 7. The van der Waals surface area contributed by atoms with E-state index in [2.05, 4.69) is 33.0 Å². The minimum Gasteiger partial charge on any atom is -0.307 e. The summed E-state index contributed by atoms with van der Waals surface area (Å²) in [5.41, 5.74) is 1.19. The number of halogens is 1. The molecule has 2 unspecified atom stereocenters. The standard InChI is InChI=1S/C16H26FN/c1-5-6-7-16(18-13(4)12(2)3)14-8-10-15(17)11-9-14/h8-13,16,18H,5-7H2,1-4H3. The predicted octanol–water partition coefficient (Wildman–Crippen LogP) is 4.69. The van der Waals surface area contributed by atoms with E-state index in [-0.39, 0.29) is 5.82 Å². The van der Waals surface area contributed by atoms with E-state index in [0.29, 0.717) is 18.0 Å². The molecule has 1 aromatic rings. The molecule has 2 heteroatoms. The molecule has 1 aromatic carbocycles. The van der Waals surface area contributed by atoms with Crippen LogP contribution in [-0.4, -0.2) is 6.04 Å². The van der Waals surface area contributed by atoms with E-state index >= 15 is 0 Å². The highest BCUT2D eigenvalue weighted by atomic mass is 19.1. The van der Waals surface area contributed by atoms with Crippen molar-refractivity contribution >= 4 is 0 Å². The summed E-state index contributed by atoms with van der Waals surface area (Å²) in [5, 5.41) is 3.66. The average Bonchev–Trinajstić information content (AvgIpc) is 2.35. The molecule has 0 aliphatic carbocycles. The van der Waals surface area contributed by atoms with Gasteiger partial charge in [0.1, 0.15) is 5.82 Å². The van der Waals surface area contributed by atoms with Crippen LogP contribution in [0.3, 0.4) is 0 Å². The topological polar surface area (TPSA) is 12.0 Å². The molecule has 0 saturated heterocycles. The fourth-order valence-electron chi connectivity index (χ4n) is 1.96. The number of benzene rings is 1. The van der Waals surface area contributed by atoms with Crippen LogP contribution in [0.25, 0.3) is 0 Å². The summed E-state index contributed by atoms with van der Waals surface area (Å²) in [6, 6.07) is 7.71. The Morgan fingerprint density at radius 1 is 1.11 bits per heavy atom. The molecule has 18 heavy (non-hydrogen) atoms. The molecule has 0 bridgehead atoms. The molecule has 1 N–H and O–H groups in total. The van der Waals surface area contributed by atoms with Crippen LogP contribution >= 0.6 is 0 Å². The maximum atomic E-state index is 13.0. The zero-order chi connectivity index (χ0) is 13.5. The Bertz CT molecular complexity index is 331. The number of hydrogen-bond acceptors (Lipinski definition) is 1. The van der Waals surface area contributed by atoms with Crippen molar-refractivity contribution in [2.45, 2.75) is 59.0 Å². The lowest BCUT2D eigenvalue weighted by Gasteiger charge is -2.26. The highest BCUT2D eigenvalue weighted by Gasteiger charge is 2.15. The van der Waals surface area contributed by atoms with Gasteiger partial charge < -0.3 is 5.32 Å². The van der Waals surface area contributed by atoms with E-state index in [4.69, 9.17) is 0 Å². The van der Waals surface area contributed by atoms with Crippen molar-refractivity contribution in [2.75, 3.05) is 0 Å². The Morgan fingerprint density at radius 3 is 2.22 bits per heavy atom. The summed E-state index contributed by atoms with van der Waals surface area (Å²) in [6.45, 7) is 8.86. The van der Waals surface area contributed by atoms with Crippen LogP contribution in [0.5, 0.6) is 0 Å². The maximum Gasteiger partial charge on any atom is 0.123 e. The zero-order valence-electron chi connectivity index (χ0n) is 12.0. The first-order chi connectivity index (χ1) is 8.54. The quantitative estimate of drug-likeness (QED) is 0.741. The van der Waals surface area contributed by atoms with Gasteiger partial charge in [-0.05, 0) is 37.0 Å². The van der Waals surface area contributed by atoms with Crippen LogP contribution in [0.2, 0.25) is 0 Å². The third-order valence-electron chi connectivity index (χ3n) is 3.58. The van der Waals surface area contributed by atoms with Crippen LogP contribution in [0.4, 0.5) is 4.39 Å². The van der Waals surface area contributed by atoms with Crippen molar-refractivity contribution in [3.8, 4) is 0 Å². The minimum absolute atomic E-state index is 0.162. The molecular formula is C16H26FN. The van der Waals surface area contributed by atoms with Crippen molar-refractivity contribution in [1.82, 2.24) is 5.32 Å². The molecule has 2 atom stereocenters. The lowest BCUT2D eigenvalue weighted by atomic mass is 9.98. The normalized spacial score (nSPS) is 14.8. The van der Waals surface area contributed by atoms with Gasteiger partial charge in [0.15, 0.2) is 0 Å². The lowest BCUT2D eigenvalue weighted by Crippen LogP contribution is -2.34. The molecule has 0 heterocycles. The molecule has 102 valence electrons. The van der Waals surface area contributed by atoms with Gasteiger partial charge in [0.25, 0.3) is 0 Å². The molecule has 0 radical (unpaired) electrons. The van der Waals surface area contributed by atoms with Gasteiger partial charge in [0.05, 0.1) is 0 Å². The molecule has 0 aliphatic rings. The van der Waals surface area contributed by atoms with E-state index in [1.165, 1.54) is 18.4 Å². The smallest absolute Gasteiger partial charge is 0.123 e. The summed E-state index contributed by atoms with van der Waals surface area (Å²) >= 11 is 0. The van der Waals surface area contributed by atoms with Gasteiger partial charge in [-0.15, -0.1) is 0 Å². The summed E-state index contributed by atoms with van der Waals surface area (Å²) < 4.78 is 13.0. The first-order valence-corrected chi connectivity index (χ1v) is 7.06. The van der Waals surface area contributed by atoms with Crippen molar-refractivity contribution in [1.29, 1.82) is 0 Å². The fraction of sp³-hybridized carbons (Fsp3) is 0.625. The van der Waals surface area contributed by atoms with Gasteiger partial charge in [-0.1, -0.05) is 45.7 Å². The Kier molecular flexibility index (Phi) is 6.34.